The monoisotopic (exact) mass is 619 g/mol. The van der Waals surface area contributed by atoms with Gasteiger partial charge < -0.3 is 22.6 Å². The summed E-state index contributed by atoms with van der Waals surface area (Å²) in [6.07, 6.45) is -0.580. The summed E-state index contributed by atoms with van der Waals surface area (Å²) in [7, 11) is -9.03. The zero-order valence-electron chi connectivity index (χ0n) is 29.4. The van der Waals surface area contributed by atoms with Crippen molar-refractivity contribution in [2.75, 3.05) is 6.61 Å². The van der Waals surface area contributed by atoms with Crippen LogP contribution in [0.15, 0.2) is 5.16 Å². The maximum absolute atomic E-state index is 12.8. The molecule has 0 aromatic rings. The molecule has 0 aliphatic carbocycles. The maximum atomic E-state index is 12.8. The SMILES string of the molecule is CC(C)(C)[Si](C)(C)OC/C(=N\O[Si](C)(C)C(C)(C)C)[C@@H](O[Si](C)(C)C(C)(C)C)[C@@H](C=O)O[Si](C)(C)C(C)(C)C. The molecule has 10 heteroatoms. The van der Waals surface area contributed by atoms with E-state index in [0.29, 0.717) is 5.71 Å². The molecule has 0 saturated carbocycles. The lowest BCUT2D eigenvalue weighted by molar-refractivity contribution is -0.116. The Morgan fingerprint density at radius 1 is 0.615 bits per heavy atom. The highest BCUT2D eigenvalue weighted by atomic mass is 28.4. The topological polar surface area (TPSA) is 66.3 Å². The molecule has 0 aromatic carbocycles. The van der Waals surface area contributed by atoms with Gasteiger partial charge in [-0.15, -0.1) is 5.16 Å². The van der Waals surface area contributed by atoms with Gasteiger partial charge in [0.05, 0.1) is 6.61 Å². The Morgan fingerprint density at radius 2 is 0.974 bits per heavy atom. The molecule has 0 unspecified atom stereocenters. The first-order chi connectivity index (χ1) is 16.8. The van der Waals surface area contributed by atoms with Crippen LogP contribution in [0.3, 0.4) is 0 Å². The lowest BCUT2D eigenvalue weighted by atomic mass is 10.1. The van der Waals surface area contributed by atoms with E-state index in [1.807, 2.05) is 0 Å². The first-order valence-corrected chi connectivity index (χ1v) is 26.2. The highest BCUT2D eigenvalue weighted by Crippen LogP contribution is 2.42. The Morgan fingerprint density at radius 3 is 1.31 bits per heavy atom. The lowest BCUT2D eigenvalue weighted by Gasteiger charge is -2.44. The largest absolute Gasteiger partial charge is 0.455 e. The van der Waals surface area contributed by atoms with E-state index in [4.69, 9.17) is 23.0 Å². The fourth-order valence-corrected chi connectivity index (χ4v) is 6.47. The van der Waals surface area contributed by atoms with E-state index in [1.54, 1.807) is 0 Å². The molecule has 0 radical (unpaired) electrons. The van der Waals surface area contributed by atoms with E-state index < -0.39 is 45.5 Å². The number of rotatable bonds is 12. The van der Waals surface area contributed by atoms with Crippen LogP contribution in [0.1, 0.15) is 83.1 Å². The smallest absolute Gasteiger partial charge is 0.286 e. The van der Waals surface area contributed by atoms with E-state index in [1.165, 1.54) is 0 Å². The van der Waals surface area contributed by atoms with Gasteiger partial charge in [-0.2, -0.15) is 0 Å². The second-order valence-electron chi connectivity index (χ2n) is 17.3. The molecule has 0 saturated heterocycles. The molecule has 39 heavy (non-hydrogen) atoms. The first kappa shape index (κ1) is 38.9. The fraction of sp³-hybridized carbons (Fsp3) is 0.931. The van der Waals surface area contributed by atoms with Crippen molar-refractivity contribution in [1.82, 2.24) is 0 Å². The summed E-state index contributed by atoms with van der Waals surface area (Å²) >= 11 is 0. The summed E-state index contributed by atoms with van der Waals surface area (Å²) < 4.78 is 26.9. The predicted molar refractivity (Wildman–Crippen MR) is 179 cm³/mol. The zero-order chi connectivity index (χ0) is 31.7. The van der Waals surface area contributed by atoms with Crippen LogP contribution < -0.4 is 0 Å². The third-order valence-corrected chi connectivity index (χ3v) is 27.4. The average Bonchev–Trinajstić information content (AvgIpc) is 2.67. The van der Waals surface area contributed by atoms with Crippen LogP contribution in [0.25, 0.3) is 0 Å². The summed E-state index contributed by atoms with van der Waals surface area (Å²) in [6, 6.07) is 0. The van der Waals surface area contributed by atoms with Crippen molar-refractivity contribution in [3.8, 4) is 0 Å². The standard InChI is InChI=1S/C29H65NO5Si4/c1-26(2,3)36(13,14)32-22-23(30-35-39(19,20)29(10,11)12)25(34-38(17,18)28(7,8)9)24(21-31)33-37(15,16)27(4,5)6/h21,24-25H,22H2,1-20H3/b30-23+/t24-,25-/m1/s1. The van der Waals surface area contributed by atoms with Crippen LogP contribution in [-0.2, 0) is 22.6 Å². The van der Waals surface area contributed by atoms with Gasteiger partial charge in [-0.05, 0) is 72.5 Å². The van der Waals surface area contributed by atoms with E-state index >= 15 is 0 Å². The van der Waals surface area contributed by atoms with Gasteiger partial charge in [0.2, 0.25) is 0 Å². The van der Waals surface area contributed by atoms with Gasteiger partial charge in [0, 0.05) is 0 Å². The van der Waals surface area contributed by atoms with Crippen molar-refractivity contribution in [3.05, 3.63) is 0 Å². The number of carbonyl (C=O) groups is 1. The highest BCUT2D eigenvalue weighted by Gasteiger charge is 2.48. The molecule has 6 nitrogen and oxygen atoms in total. The van der Waals surface area contributed by atoms with Crippen LogP contribution in [0.4, 0.5) is 0 Å². The molecule has 0 aromatic heterocycles. The number of hydrogen-bond acceptors (Lipinski definition) is 6. The summed E-state index contributed by atoms with van der Waals surface area (Å²) in [5.74, 6) is 0. The molecular weight excluding hydrogens is 555 g/mol. The summed E-state index contributed by atoms with van der Waals surface area (Å²) in [5, 5.41) is 4.68. The van der Waals surface area contributed by atoms with Gasteiger partial charge in [-0.3, -0.25) is 0 Å². The molecule has 0 fully saturated rings. The number of hydrogen-bond donors (Lipinski definition) is 0. The third kappa shape index (κ3) is 10.6. The second kappa shape index (κ2) is 12.6. The van der Waals surface area contributed by atoms with E-state index in [2.05, 4.69) is 135 Å². The van der Waals surface area contributed by atoms with E-state index in [0.717, 1.165) is 6.29 Å². The number of carbonyl (C=O) groups excluding carboxylic acids is 1. The third-order valence-electron chi connectivity index (χ3n) is 9.81. The summed E-state index contributed by atoms with van der Waals surface area (Å²) in [5.41, 5.74) is 0.616. The molecule has 0 spiro atoms. The molecule has 0 bridgehead atoms. The van der Waals surface area contributed by atoms with Crippen molar-refractivity contribution in [2.45, 2.75) is 168 Å². The molecule has 0 aliphatic heterocycles. The molecule has 0 N–H and O–H groups in total. The highest BCUT2D eigenvalue weighted by molar-refractivity contribution is 6.75. The molecule has 2 atom stereocenters. The fourth-order valence-electron chi connectivity index (χ4n) is 2.44. The normalized spacial score (nSPS) is 17.2. The molecule has 0 heterocycles. The van der Waals surface area contributed by atoms with Gasteiger partial charge in [0.1, 0.15) is 17.9 Å². The van der Waals surface area contributed by atoms with Gasteiger partial charge in [0.15, 0.2) is 31.2 Å². The Hall–Kier alpha value is -0.112. The van der Waals surface area contributed by atoms with Crippen molar-refractivity contribution in [3.63, 3.8) is 0 Å². The van der Waals surface area contributed by atoms with Crippen LogP contribution in [0.2, 0.25) is 72.5 Å². The Bertz CT molecular complexity index is 842. The quantitative estimate of drug-likeness (QED) is 0.0942. The average molecular weight is 620 g/mol. The maximum Gasteiger partial charge on any atom is 0.286 e. The second-order valence-corrected chi connectivity index (χ2v) is 36.3. The molecular formula is C29H65NO5Si4. The minimum absolute atomic E-state index is 0.0237. The molecule has 0 rings (SSSR count). The van der Waals surface area contributed by atoms with Gasteiger partial charge in [0.25, 0.3) is 8.32 Å². The van der Waals surface area contributed by atoms with Gasteiger partial charge >= 0.3 is 0 Å². The first-order valence-electron chi connectivity index (χ1n) is 14.5. The van der Waals surface area contributed by atoms with Crippen LogP contribution >= 0.6 is 0 Å². The van der Waals surface area contributed by atoms with E-state index in [9.17, 15) is 4.79 Å². The van der Waals surface area contributed by atoms with Crippen LogP contribution in [-0.4, -0.2) is 64.1 Å². The molecule has 0 aliphatic rings. The van der Waals surface area contributed by atoms with Crippen molar-refractivity contribution < 1.29 is 22.6 Å². The summed E-state index contributed by atoms with van der Waals surface area (Å²) in [4.78, 5) is 12.8. The number of oxime groups is 1. The minimum Gasteiger partial charge on any atom is -0.455 e. The van der Waals surface area contributed by atoms with Crippen LogP contribution in [0.5, 0.6) is 0 Å². The lowest BCUT2D eigenvalue weighted by Crippen LogP contribution is -2.56. The summed E-state index contributed by atoms with van der Waals surface area (Å²) in [6.45, 7) is 44.2. The van der Waals surface area contributed by atoms with Crippen molar-refractivity contribution >= 4 is 45.3 Å². The van der Waals surface area contributed by atoms with Crippen LogP contribution in [0, 0.1) is 0 Å². The molecule has 232 valence electrons. The van der Waals surface area contributed by atoms with Gasteiger partial charge in [-0.25, -0.2) is 0 Å². The van der Waals surface area contributed by atoms with Crippen molar-refractivity contribution in [1.29, 1.82) is 0 Å². The van der Waals surface area contributed by atoms with Crippen molar-refractivity contribution in [2.24, 2.45) is 5.16 Å². The minimum atomic E-state index is -2.35. The zero-order valence-corrected chi connectivity index (χ0v) is 33.4. The Labute approximate surface area is 246 Å². The number of aldehydes is 1. The predicted octanol–water partition coefficient (Wildman–Crippen LogP) is 9.37. The Balaban J connectivity index is 7.05. The molecule has 0 amide bonds. The number of nitrogens with zero attached hydrogens (tertiary/aromatic N) is 1. The van der Waals surface area contributed by atoms with Gasteiger partial charge in [-0.1, -0.05) is 83.1 Å². The van der Waals surface area contributed by atoms with E-state index in [-0.39, 0.29) is 26.8 Å². The Kier molecular flexibility index (Phi) is 12.6.